The molecular weight excluding hydrogens is 222 g/mol. The number of benzene rings is 1. The van der Waals surface area contributed by atoms with E-state index >= 15 is 0 Å². The van der Waals surface area contributed by atoms with Crippen molar-refractivity contribution in [2.24, 2.45) is 0 Å². The van der Waals surface area contributed by atoms with E-state index in [9.17, 15) is 0 Å². The van der Waals surface area contributed by atoms with E-state index in [4.69, 9.17) is 4.98 Å². The van der Waals surface area contributed by atoms with Crippen molar-refractivity contribution in [3.05, 3.63) is 41.7 Å². The molecule has 0 amide bonds. The highest BCUT2D eigenvalue weighted by Crippen LogP contribution is 2.27. The Morgan fingerprint density at radius 3 is 2.28 bits per heavy atom. The lowest BCUT2D eigenvalue weighted by atomic mass is 10.1. The van der Waals surface area contributed by atoms with E-state index in [1.54, 1.807) is 0 Å². The Morgan fingerprint density at radius 1 is 1.06 bits per heavy atom. The molecule has 0 spiro atoms. The van der Waals surface area contributed by atoms with E-state index in [2.05, 4.69) is 43.2 Å². The van der Waals surface area contributed by atoms with Gasteiger partial charge in [0, 0.05) is 24.1 Å². The maximum atomic E-state index is 4.70. The first-order chi connectivity index (χ1) is 8.63. The summed E-state index contributed by atoms with van der Waals surface area (Å²) in [4.78, 5) is 9.25. The van der Waals surface area contributed by atoms with Crippen LogP contribution in [0.3, 0.4) is 0 Å². The molecule has 1 N–H and O–H groups in total. The summed E-state index contributed by atoms with van der Waals surface area (Å²) in [6.07, 6.45) is 0. The predicted octanol–water partition coefficient (Wildman–Crippen LogP) is 3.62. The number of anilines is 1. The van der Waals surface area contributed by atoms with Gasteiger partial charge in [0.25, 0.3) is 0 Å². The van der Waals surface area contributed by atoms with Crippen LogP contribution in [0.1, 0.15) is 31.2 Å². The van der Waals surface area contributed by atoms with E-state index in [1.165, 1.54) is 0 Å². The highest BCUT2D eigenvalue weighted by atomic mass is 15.0. The minimum atomic E-state index is 0.320. The molecule has 18 heavy (non-hydrogen) atoms. The monoisotopic (exact) mass is 241 g/mol. The van der Waals surface area contributed by atoms with Gasteiger partial charge in [-0.1, -0.05) is 44.2 Å². The Morgan fingerprint density at radius 2 is 1.72 bits per heavy atom. The van der Waals surface area contributed by atoms with Gasteiger partial charge in [-0.2, -0.15) is 0 Å². The maximum absolute atomic E-state index is 4.70. The van der Waals surface area contributed by atoms with Crippen LogP contribution in [-0.2, 0) is 0 Å². The third-order valence-corrected chi connectivity index (χ3v) is 2.96. The Labute approximate surface area is 108 Å². The van der Waals surface area contributed by atoms with E-state index in [0.29, 0.717) is 5.92 Å². The molecule has 2 aromatic rings. The third-order valence-electron chi connectivity index (χ3n) is 2.96. The lowest BCUT2D eigenvalue weighted by Gasteiger charge is -2.14. The van der Waals surface area contributed by atoms with Crippen LogP contribution in [-0.4, -0.2) is 17.0 Å². The summed E-state index contributed by atoms with van der Waals surface area (Å²) < 4.78 is 0. The first kappa shape index (κ1) is 12.6. The van der Waals surface area contributed by atoms with E-state index in [1.807, 2.05) is 25.2 Å². The summed E-state index contributed by atoms with van der Waals surface area (Å²) in [5.41, 5.74) is 3.24. The molecule has 0 unspecified atom stereocenters. The molecule has 0 bridgehead atoms. The molecule has 0 atom stereocenters. The fraction of sp³-hybridized carbons (Fsp3) is 0.333. The molecule has 1 heterocycles. The van der Waals surface area contributed by atoms with Crippen molar-refractivity contribution < 1.29 is 0 Å². The molecule has 3 nitrogen and oxygen atoms in total. The van der Waals surface area contributed by atoms with Crippen molar-refractivity contribution in [1.82, 2.24) is 9.97 Å². The van der Waals surface area contributed by atoms with Gasteiger partial charge in [0.15, 0.2) is 0 Å². The predicted molar refractivity (Wildman–Crippen MR) is 75.8 cm³/mol. The van der Waals surface area contributed by atoms with Gasteiger partial charge in [-0.3, -0.25) is 0 Å². The van der Waals surface area contributed by atoms with Crippen molar-refractivity contribution in [3.63, 3.8) is 0 Å². The molecule has 0 aliphatic carbocycles. The zero-order valence-corrected chi connectivity index (χ0v) is 11.4. The van der Waals surface area contributed by atoms with Crippen molar-refractivity contribution in [1.29, 1.82) is 0 Å². The van der Waals surface area contributed by atoms with Crippen LogP contribution in [0.15, 0.2) is 30.3 Å². The standard InChI is InChI=1S/C15H19N3/c1-10(2)14-17-13(11(3)15(16-4)18-14)12-8-6-5-7-9-12/h5-10H,1-4H3,(H,16,17,18). The summed E-state index contributed by atoms with van der Waals surface area (Å²) in [6.45, 7) is 6.27. The van der Waals surface area contributed by atoms with Crippen LogP contribution in [0.2, 0.25) is 0 Å². The van der Waals surface area contributed by atoms with Gasteiger partial charge in [0.2, 0.25) is 0 Å². The number of nitrogens with zero attached hydrogens (tertiary/aromatic N) is 2. The van der Waals surface area contributed by atoms with Crippen LogP contribution >= 0.6 is 0 Å². The second-order valence-corrected chi connectivity index (χ2v) is 4.67. The molecule has 1 aromatic heterocycles. The second-order valence-electron chi connectivity index (χ2n) is 4.67. The van der Waals surface area contributed by atoms with Gasteiger partial charge >= 0.3 is 0 Å². The second kappa shape index (κ2) is 5.17. The number of rotatable bonds is 3. The number of hydrogen-bond acceptors (Lipinski definition) is 3. The first-order valence-electron chi connectivity index (χ1n) is 6.25. The molecule has 0 saturated carbocycles. The van der Waals surface area contributed by atoms with Gasteiger partial charge in [0.1, 0.15) is 11.6 Å². The third kappa shape index (κ3) is 2.35. The van der Waals surface area contributed by atoms with Crippen molar-refractivity contribution in [2.45, 2.75) is 26.7 Å². The van der Waals surface area contributed by atoms with Crippen molar-refractivity contribution >= 4 is 5.82 Å². The molecular formula is C15H19N3. The molecule has 0 aliphatic heterocycles. The minimum absolute atomic E-state index is 0.320. The van der Waals surface area contributed by atoms with Crippen LogP contribution < -0.4 is 5.32 Å². The maximum Gasteiger partial charge on any atom is 0.133 e. The van der Waals surface area contributed by atoms with E-state index < -0.39 is 0 Å². The fourth-order valence-electron chi connectivity index (χ4n) is 1.91. The Balaban J connectivity index is 2.62. The molecule has 2 rings (SSSR count). The van der Waals surface area contributed by atoms with Crippen LogP contribution in [0.4, 0.5) is 5.82 Å². The lowest BCUT2D eigenvalue weighted by Crippen LogP contribution is -2.06. The largest absolute Gasteiger partial charge is 0.373 e. The van der Waals surface area contributed by atoms with E-state index in [-0.39, 0.29) is 0 Å². The number of nitrogens with one attached hydrogen (secondary N) is 1. The van der Waals surface area contributed by atoms with Crippen molar-refractivity contribution in [3.8, 4) is 11.3 Å². The van der Waals surface area contributed by atoms with Crippen LogP contribution in [0.5, 0.6) is 0 Å². The Bertz CT molecular complexity index is 533. The SMILES string of the molecule is CNc1nc(C(C)C)nc(-c2ccccc2)c1C. The zero-order valence-electron chi connectivity index (χ0n) is 11.4. The summed E-state index contributed by atoms with van der Waals surface area (Å²) in [6, 6.07) is 10.2. The molecule has 0 aliphatic rings. The quantitative estimate of drug-likeness (QED) is 0.892. The molecule has 94 valence electrons. The zero-order chi connectivity index (χ0) is 13.1. The molecule has 0 saturated heterocycles. The highest BCUT2D eigenvalue weighted by molar-refractivity contribution is 5.68. The summed E-state index contributed by atoms with van der Waals surface area (Å²) >= 11 is 0. The van der Waals surface area contributed by atoms with Crippen LogP contribution in [0.25, 0.3) is 11.3 Å². The van der Waals surface area contributed by atoms with Crippen molar-refractivity contribution in [2.75, 3.05) is 12.4 Å². The fourth-order valence-corrected chi connectivity index (χ4v) is 1.91. The Kier molecular flexibility index (Phi) is 3.60. The van der Waals surface area contributed by atoms with Gasteiger partial charge in [-0.05, 0) is 6.92 Å². The molecule has 3 heteroatoms. The summed E-state index contributed by atoms with van der Waals surface area (Å²) in [5, 5.41) is 3.15. The van der Waals surface area contributed by atoms with Gasteiger partial charge in [0.05, 0.1) is 5.69 Å². The van der Waals surface area contributed by atoms with Crippen LogP contribution in [0, 0.1) is 6.92 Å². The van der Waals surface area contributed by atoms with E-state index in [0.717, 1.165) is 28.5 Å². The molecule has 1 aromatic carbocycles. The first-order valence-corrected chi connectivity index (χ1v) is 6.25. The summed E-state index contributed by atoms with van der Waals surface area (Å²) in [5.74, 6) is 2.11. The normalized spacial score (nSPS) is 10.7. The van der Waals surface area contributed by atoms with Gasteiger partial charge in [-0.15, -0.1) is 0 Å². The molecule has 0 fully saturated rings. The number of aromatic nitrogens is 2. The lowest BCUT2D eigenvalue weighted by molar-refractivity contribution is 0.775. The average molecular weight is 241 g/mol. The molecule has 0 radical (unpaired) electrons. The Hall–Kier alpha value is -1.90. The minimum Gasteiger partial charge on any atom is -0.373 e. The topological polar surface area (TPSA) is 37.8 Å². The highest BCUT2D eigenvalue weighted by Gasteiger charge is 2.13. The number of hydrogen-bond donors (Lipinski definition) is 1. The van der Waals surface area contributed by atoms with Gasteiger partial charge in [-0.25, -0.2) is 9.97 Å². The summed E-state index contributed by atoms with van der Waals surface area (Å²) in [7, 11) is 1.90. The average Bonchev–Trinajstić information content (AvgIpc) is 2.39. The van der Waals surface area contributed by atoms with Gasteiger partial charge < -0.3 is 5.32 Å². The smallest absolute Gasteiger partial charge is 0.133 e.